The first-order valence-electron chi connectivity index (χ1n) is 7.13. The molecule has 21 heavy (non-hydrogen) atoms. The van der Waals surface area contributed by atoms with Crippen molar-refractivity contribution in [2.75, 3.05) is 6.54 Å². The van der Waals surface area contributed by atoms with Crippen molar-refractivity contribution in [3.63, 3.8) is 0 Å². The minimum atomic E-state index is -3.67. The monoisotopic (exact) mass is 311 g/mol. The molecular formula is C15H21NO4S. The molecule has 0 aliphatic heterocycles. The number of carbonyl (C=O) groups is 1. The summed E-state index contributed by atoms with van der Waals surface area (Å²) in [5, 5.41) is 9.19. The summed E-state index contributed by atoms with van der Waals surface area (Å²) in [5.41, 5.74) is 1.19. The fourth-order valence-electron chi connectivity index (χ4n) is 2.40. The quantitative estimate of drug-likeness (QED) is 0.841. The first-order valence-corrected chi connectivity index (χ1v) is 8.62. The maximum Gasteiger partial charge on any atom is 0.310 e. The van der Waals surface area contributed by atoms with Crippen molar-refractivity contribution in [3.05, 3.63) is 29.3 Å². The van der Waals surface area contributed by atoms with Gasteiger partial charge >= 0.3 is 5.97 Å². The normalized spacial score (nSPS) is 17.2. The van der Waals surface area contributed by atoms with Crippen LogP contribution in [-0.4, -0.2) is 26.0 Å². The van der Waals surface area contributed by atoms with Gasteiger partial charge in [-0.15, -0.1) is 0 Å². The Hall–Kier alpha value is -1.40. The van der Waals surface area contributed by atoms with E-state index in [0.29, 0.717) is 6.42 Å². The van der Waals surface area contributed by atoms with Gasteiger partial charge < -0.3 is 5.11 Å². The number of nitrogens with one attached hydrogen (secondary N) is 1. The SMILES string of the molecule is CCC(C)(CNS(=O)(=O)c1ccc2c(c1)CCC2)C(=O)O. The van der Waals surface area contributed by atoms with Crippen molar-refractivity contribution in [1.29, 1.82) is 0 Å². The Kier molecular flexibility index (Phi) is 4.39. The lowest BCUT2D eigenvalue weighted by Gasteiger charge is -2.23. The van der Waals surface area contributed by atoms with Crippen molar-refractivity contribution >= 4 is 16.0 Å². The van der Waals surface area contributed by atoms with E-state index in [2.05, 4.69) is 4.72 Å². The lowest BCUT2D eigenvalue weighted by Crippen LogP contribution is -2.40. The topological polar surface area (TPSA) is 83.5 Å². The number of carboxylic acid groups (broad SMARTS) is 1. The number of benzene rings is 1. The maximum atomic E-state index is 12.3. The zero-order chi connectivity index (χ0) is 15.7. The molecule has 1 atom stereocenters. The number of hydrogen-bond acceptors (Lipinski definition) is 3. The van der Waals surface area contributed by atoms with Crippen LogP contribution < -0.4 is 4.72 Å². The van der Waals surface area contributed by atoms with Crippen molar-refractivity contribution in [3.8, 4) is 0 Å². The minimum Gasteiger partial charge on any atom is -0.481 e. The Morgan fingerprint density at radius 3 is 2.62 bits per heavy atom. The third-order valence-electron chi connectivity index (χ3n) is 4.33. The number of fused-ring (bicyclic) bond motifs is 1. The molecule has 0 aromatic heterocycles. The van der Waals surface area contributed by atoms with Crippen molar-refractivity contribution in [2.24, 2.45) is 5.41 Å². The summed E-state index contributed by atoms with van der Waals surface area (Å²) < 4.78 is 27.1. The summed E-state index contributed by atoms with van der Waals surface area (Å²) in [6, 6.07) is 5.15. The largest absolute Gasteiger partial charge is 0.481 e. The van der Waals surface area contributed by atoms with E-state index in [0.717, 1.165) is 24.8 Å². The molecule has 0 bridgehead atoms. The van der Waals surface area contributed by atoms with E-state index in [1.54, 1.807) is 26.0 Å². The summed E-state index contributed by atoms with van der Waals surface area (Å²) in [6.45, 7) is 3.16. The van der Waals surface area contributed by atoms with Crippen molar-refractivity contribution < 1.29 is 18.3 Å². The van der Waals surface area contributed by atoms with Crippen LogP contribution in [0.5, 0.6) is 0 Å². The lowest BCUT2D eigenvalue weighted by atomic mass is 9.88. The van der Waals surface area contributed by atoms with E-state index in [9.17, 15) is 18.3 Å². The van der Waals surface area contributed by atoms with Gasteiger partial charge in [0, 0.05) is 6.54 Å². The van der Waals surface area contributed by atoms with Crippen LogP contribution in [0.2, 0.25) is 0 Å². The van der Waals surface area contributed by atoms with Gasteiger partial charge in [-0.2, -0.15) is 0 Å². The van der Waals surface area contributed by atoms with Crippen LogP contribution in [0.3, 0.4) is 0 Å². The summed E-state index contributed by atoms with van der Waals surface area (Å²) in [7, 11) is -3.67. The summed E-state index contributed by atoms with van der Waals surface area (Å²) in [5.74, 6) is -0.998. The summed E-state index contributed by atoms with van der Waals surface area (Å²) >= 11 is 0. The molecule has 0 amide bonds. The number of carboxylic acids is 1. The van der Waals surface area contributed by atoms with Gasteiger partial charge in [-0.05, 0) is 55.9 Å². The second-order valence-corrected chi connectivity index (χ2v) is 7.59. The molecule has 2 N–H and O–H groups in total. The predicted octanol–water partition coefficient (Wildman–Crippen LogP) is 1.95. The molecule has 116 valence electrons. The van der Waals surface area contributed by atoms with Gasteiger partial charge in [0.1, 0.15) is 0 Å². The second kappa shape index (κ2) is 5.77. The highest BCUT2D eigenvalue weighted by atomic mass is 32.2. The predicted molar refractivity (Wildman–Crippen MR) is 79.7 cm³/mol. The van der Waals surface area contributed by atoms with Gasteiger partial charge in [0.05, 0.1) is 10.3 Å². The summed E-state index contributed by atoms with van der Waals surface area (Å²) in [4.78, 5) is 11.4. The highest BCUT2D eigenvalue weighted by Gasteiger charge is 2.33. The Bertz CT molecular complexity index is 654. The molecule has 6 heteroatoms. The minimum absolute atomic E-state index is 0.113. The number of aliphatic carboxylic acids is 1. The molecule has 0 spiro atoms. The van der Waals surface area contributed by atoms with E-state index < -0.39 is 21.4 Å². The molecule has 0 fully saturated rings. The van der Waals surface area contributed by atoms with Gasteiger partial charge in [-0.25, -0.2) is 13.1 Å². The molecule has 1 aromatic carbocycles. The van der Waals surface area contributed by atoms with Gasteiger partial charge in [0.25, 0.3) is 0 Å². The highest BCUT2D eigenvalue weighted by Crippen LogP contribution is 2.25. The first-order chi connectivity index (χ1) is 9.78. The first kappa shape index (κ1) is 16.0. The van der Waals surface area contributed by atoms with E-state index in [1.807, 2.05) is 6.07 Å². The molecule has 1 aliphatic carbocycles. The molecule has 0 saturated heterocycles. The summed E-state index contributed by atoms with van der Waals surface area (Å²) in [6.07, 6.45) is 3.31. The van der Waals surface area contributed by atoms with Crippen LogP contribution in [0.1, 0.15) is 37.8 Å². The average Bonchev–Trinajstić information content (AvgIpc) is 2.92. The Morgan fingerprint density at radius 1 is 1.33 bits per heavy atom. The Balaban J connectivity index is 2.17. The molecule has 1 unspecified atom stereocenters. The third-order valence-corrected chi connectivity index (χ3v) is 5.73. The highest BCUT2D eigenvalue weighted by molar-refractivity contribution is 7.89. The maximum absolute atomic E-state index is 12.3. The third kappa shape index (κ3) is 3.27. The molecule has 5 nitrogen and oxygen atoms in total. The van der Waals surface area contributed by atoms with Gasteiger partial charge in [-0.3, -0.25) is 4.79 Å². The zero-order valence-corrected chi connectivity index (χ0v) is 13.2. The molecule has 1 aromatic rings. The molecule has 1 aliphatic rings. The van der Waals surface area contributed by atoms with Gasteiger partial charge in [0.15, 0.2) is 0 Å². The Labute approximate surface area is 125 Å². The molecule has 0 saturated carbocycles. The molecule has 0 radical (unpaired) electrons. The van der Waals surface area contributed by atoms with E-state index in [-0.39, 0.29) is 11.4 Å². The number of aryl methyl sites for hydroxylation is 2. The van der Waals surface area contributed by atoms with Crippen LogP contribution in [0.4, 0.5) is 0 Å². The number of rotatable bonds is 6. The number of hydrogen-bond donors (Lipinski definition) is 2. The van der Waals surface area contributed by atoms with E-state index >= 15 is 0 Å². The lowest BCUT2D eigenvalue weighted by molar-refractivity contribution is -0.147. The molecule has 0 heterocycles. The number of sulfonamides is 1. The van der Waals surface area contributed by atoms with Gasteiger partial charge in [-0.1, -0.05) is 13.0 Å². The fraction of sp³-hybridized carbons (Fsp3) is 0.533. The Morgan fingerprint density at radius 2 is 2.00 bits per heavy atom. The van der Waals surface area contributed by atoms with Gasteiger partial charge in [0.2, 0.25) is 10.0 Å². The zero-order valence-electron chi connectivity index (χ0n) is 12.3. The van der Waals surface area contributed by atoms with Crippen LogP contribution in [0, 0.1) is 5.41 Å². The molecule has 2 rings (SSSR count). The fourth-order valence-corrected chi connectivity index (χ4v) is 3.62. The van der Waals surface area contributed by atoms with E-state index in [4.69, 9.17) is 0 Å². The standard InChI is InChI=1S/C15H21NO4S/c1-3-15(2,14(17)18)10-16-21(19,20)13-8-7-11-5-4-6-12(11)9-13/h7-9,16H,3-6,10H2,1-2H3,(H,17,18). The van der Waals surface area contributed by atoms with Crippen LogP contribution in [0.25, 0.3) is 0 Å². The van der Waals surface area contributed by atoms with Crippen molar-refractivity contribution in [2.45, 2.75) is 44.4 Å². The van der Waals surface area contributed by atoms with Crippen molar-refractivity contribution in [1.82, 2.24) is 4.72 Å². The van der Waals surface area contributed by atoms with Crippen LogP contribution in [-0.2, 0) is 27.7 Å². The molecular weight excluding hydrogens is 290 g/mol. The second-order valence-electron chi connectivity index (χ2n) is 5.83. The smallest absolute Gasteiger partial charge is 0.310 e. The van der Waals surface area contributed by atoms with E-state index in [1.165, 1.54) is 5.56 Å². The van der Waals surface area contributed by atoms with Crippen LogP contribution in [0.15, 0.2) is 23.1 Å². The van der Waals surface area contributed by atoms with Crippen LogP contribution >= 0.6 is 0 Å². The average molecular weight is 311 g/mol.